The van der Waals surface area contributed by atoms with Crippen LogP contribution in [0.5, 0.6) is 0 Å². The Morgan fingerprint density at radius 1 is 0.750 bits per heavy atom. The predicted molar refractivity (Wildman–Crippen MR) is 69.5 cm³/mol. The average molecular weight is 261 g/mol. The quantitative estimate of drug-likeness (QED) is 0.648. The number of nitrogens with zero attached hydrogens (tertiary/aromatic N) is 2. The fourth-order valence-corrected chi connectivity index (χ4v) is 2.32. The maximum atomic E-state index is 6.19. The second-order valence-electron chi connectivity index (χ2n) is 6.00. The summed E-state index contributed by atoms with van der Waals surface area (Å²) in [6.07, 6.45) is 0. The van der Waals surface area contributed by atoms with Crippen molar-refractivity contribution in [1.82, 2.24) is 9.97 Å². The van der Waals surface area contributed by atoms with Crippen LogP contribution < -0.4 is 0 Å². The van der Waals surface area contributed by atoms with Crippen molar-refractivity contribution in [3.05, 3.63) is 21.7 Å². The zero-order chi connectivity index (χ0) is 12.7. The maximum Gasteiger partial charge on any atom is 0.138 e. The molecule has 0 amide bonds. The van der Waals surface area contributed by atoms with Crippen LogP contribution >= 0.6 is 23.2 Å². The van der Waals surface area contributed by atoms with Crippen molar-refractivity contribution < 1.29 is 0 Å². The van der Waals surface area contributed by atoms with Crippen LogP contribution in [-0.4, -0.2) is 9.97 Å². The van der Waals surface area contributed by atoms with Gasteiger partial charge in [0.1, 0.15) is 16.1 Å². The van der Waals surface area contributed by atoms with Gasteiger partial charge in [-0.15, -0.1) is 0 Å². The van der Waals surface area contributed by atoms with Crippen molar-refractivity contribution in [2.45, 2.75) is 52.4 Å². The topological polar surface area (TPSA) is 25.8 Å². The minimum atomic E-state index is -0.149. The molecule has 16 heavy (non-hydrogen) atoms. The molecule has 1 rings (SSSR count). The van der Waals surface area contributed by atoms with Gasteiger partial charge in [0.2, 0.25) is 0 Å². The van der Waals surface area contributed by atoms with Crippen LogP contribution in [0.15, 0.2) is 0 Å². The third-order valence-electron chi connectivity index (χ3n) is 2.24. The van der Waals surface area contributed by atoms with E-state index in [0.29, 0.717) is 16.1 Å². The fraction of sp³-hybridized carbons (Fsp3) is 0.667. The van der Waals surface area contributed by atoms with E-state index < -0.39 is 0 Å². The van der Waals surface area contributed by atoms with Crippen LogP contribution in [0.4, 0.5) is 0 Å². The molecule has 1 aromatic rings. The van der Waals surface area contributed by atoms with Crippen molar-refractivity contribution >= 4 is 23.2 Å². The lowest BCUT2D eigenvalue weighted by atomic mass is 9.88. The Balaban J connectivity index is 3.41. The molecule has 0 radical (unpaired) electrons. The largest absolute Gasteiger partial charge is 0.220 e. The highest BCUT2D eigenvalue weighted by Gasteiger charge is 2.26. The lowest BCUT2D eigenvalue weighted by molar-refractivity contribution is 0.533. The molecule has 0 unspecified atom stereocenters. The van der Waals surface area contributed by atoms with Crippen molar-refractivity contribution in [3.63, 3.8) is 0 Å². The van der Waals surface area contributed by atoms with Gasteiger partial charge < -0.3 is 0 Å². The number of aromatic nitrogens is 2. The number of halogens is 2. The first kappa shape index (κ1) is 13.7. The Morgan fingerprint density at radius 3 is 1.38 bits per heavy atom. The van der Waals surface area contributed by atoms with E-state index in [2.05, 4.69) is 9.97 Å². The molecule has 0 aliphatic heterocycles. The van der Waals surface area contributed by atoms with Crippen LogP contribution in [0, 0.1) is 0 Å². The molecular weight excluding hydrogens is 243 g/mol. The monoisotopic (exact) mass is 260 g/mol. The zero-order valence-electron chi connectivity index (χ0n) is 10.7. The first-order valence-electron chi connectivity index (χ1n) is 5.27. The molecule has 1 aromatic heterocycles. The molecular formula is C12H18Cl2N2. The molecule has 0 aliphatic carbocycles. The van der Waals surface area contributed by atoms with E-state index in [0.717, 1.165) is 5.56 Å². The summed E-state index contributed by atoms with van der Waals surface area (Å²) >= 11 is 12.4. The van der Waals surface area contributed by atoms with Gasteiger partial charge in [-0.25, -0.2) is 9.97 Å². The molecule has 0 aromatic carbocycles. The smallest absolute Gasteiger partial charge is 0.138 e. The molecule has 90 valence electrons. The van der Waals surface area contributed by atoms with Crippen LogP contribution in [0.2, 0.25) is 10.3 Å². The van der Waals surface area contributed by atoms with Gasteiger partial charge in [0, 0.05) is 11.0 Å². The molecule has 0 atom stereocenters. The van der Waals surface area contributed by atoms with Gasteiger partial charge in [-0.1, -0.05) is 64.7 Å². The summed E-state index contributed by atoms with van der Waals surface area (Å²) in [6, 6.07) is 0. The second-order valence-corrected chi connectivity index (χ2v) is 6.72. The Hall–Kier alpha value is -0.340. The molecule has 1 heterocycles. The van der Waals surface area contributed by atoms with E-state index in [-0.39, 0.29) is 10.8 Å². The highest BCUT2D eigenvalue weighted by atomic mass is 35.5. The zero-order valence-corrected chi connectivity index (χ0v) is 12.2. The highest BCUT2D eigenvalue weighted by Crippen LogP contribution is 2.34. The Morgan fingerprint density at radius 2 is 1.12 bits per heavy atom. The molecule has 2 nitrogen and oxygen atoms in total. The Bertz CT molecular complexity index is 377. The third-order valence-corrected chi connectivity index (χ3v) is 2.79. The Kier molecular flexibility index (Phi) is 3.56. The fourth-order valence-electron chi connectivity index (χ4n) is 1.36. The minimum absolute atomic E-state index is 0.148. The van der Waals surface area contributed by atoms with E-state index in [9.17, 15) is 0 Å². The van der Waals surface area contributed by atoms with Crippen molar-refractivity contribution in [2.24, 2.45) is 0 Å². The minimum Gasteiger partial charge on any atom is -0.220 e. The van der Waals surface area contributed by atoms with Crippen LogP contribution in [0.1, 0.15) is 52.9 Å². The number of hydrogen-bond donors (Lipinski definition) is 0. The summed E-state index contributed by atoms with van der Waals surface area (Å²) in [5.41, 5.74) is 0.512. The van der Waals surface area contributed by atoms with E-state index in [4.69, 9.17) is 23.2 Å². The van der Waals surface area contributed by atoms with E-state index in [1.165, 1.54) is 0 Å². The summed E-state index contributed by atoms with van der Waals surface area (Å²) in [5, 5.41) is 0.912. The standard InChI is InChI=1S/C12H18Cl2N2/c1-11(2,3)7-8(13)15-10(12(4,5)6)16-9(7)14/h1-6H3. The summed E-state index contributed by atoms with van der Waals surface area (Å²) in [6.45, 7) is 12.2. The third kappa shape index (κ3) is 2.86. The normalized spacial score (nSPS) is 13.0. The molecule has 0 aliphatic rings. The average Bonchev–Trinajstić information content (AvgIpc) is 1.97. The van der Waals surface area contributed by atoms with Crippen LogP contribution in [0.25, 0.3) is 0 Å². The second kappa shape index (κ2) is 4.15. The molecule has 0 N–H and O–H groups in total. The lowest BCUT2D eigenvalue weighted by Crippen LogP contribution is -2.20. The van der Waals surface area contributed by atoms with Gasteiger partial charge in [0.05, 0.1) is 0 Å². The summed E-state index contributed by atoms with van der Waals surface area (Å²) in [7, 11) is 0. The highest BCUT2D eigenvalue weighted by molar-refractivity contribution is 6.34. The predicted octanol–water partition coefficient (Wildman–Crippen LogP) is 4.38. The molecule has 0 saturated heterocycles. The van der Waals surface area contributed by atoms with Crippen molar-refractivity contribution in [2.75, 3.05) is 0 Å². The maximum absolute atomic E-state index is 6.19. The van der Waals surface area contributed by atoms with E-state index in [1.807, 2.05) is 41.5 Å². The SMILES string of the molecule is CC(C)(C)c1nc(Cl)c(C(C)(C)C)c(Cl)n1. The summed E-state index contributed by atoms with van der Waals surface area (Å²) < 4.78 is 0. The van der Waals surface area contributed by atoms with Gasteiger partial charge in [0.15, 0.2) is 0 Å². The number of hydrogen-bond acceptors (Lipinski definition) is 2. The van der Waals surface area contributed by atoms with Gasteiger partial charge in [0.25, 0.3) is 0 Å². The molecule has 0 saturated carbocycles. The Labute approximate surface area is 107 Å². The molecule has 4 heteroatoms. The lowest BCUT2D eigenvalue weighted by Gasteiger charge is -2.24. The summed E-state index contributed by atoms with van der Waals surface area (Å²) in [5.74, 6) is 0.676. The molecule has 0 spiro atoms. The van der Waals surface area contributed by atoms with Crippen molar-refractivity contribution in [1.29, 1.82) is 0 Å². The van der Waals surface area contributed by atoms with E-state index in [1.54, 1.807) is 0 Å². The van der Waals surface area contributed by atoms with Gasteiger partial charge in [-0.2, -0.15) is 0 Å². The number of rotatable bonds is 0. The first-order chi connectivity index (χ1) is 7.03. The summed E-state index contributed by atoms with van der Waals surface area (Å²) in [4.78, 5) is 8.68. The van der Waals surface area contributed by atoms with Gasteiger partial charge in [-0.3, -0.25) is 0 Å². The molecule has 0 bridgehead atoms. The van der Waals surface area contributed by atoms with Crippen LogP contribution in [-0.2, 0) is 10.8 Å². The van der Waals surface area contributed by atoms with Crippen LogP contribution in [0.3, 0.4) is 0 Å². The first-order valence-corrected chi connectivity index (χ1v) is 6.03. The molecule has 0 fully saturated rings. The van der Waals surface area contributed by atoms with Crippen molar-refractivity contribution in [3.8, 4) is 0 Å². The van der Waals surface area contributed by atoms with E-state index >= 15 is 0 Å². The van der Waals surface area contributed by atoms with Gasteiger partial charge in [-0.05, 0) is 5.41 Å². The van der Waals surface area contributed by atoms with Gasteiger partial charge >= 0.3 is 0 Å².